The topological polar surface area (TPSA) is 30.0 Å². The average Bonchev–Trinajstić information content (AvgIpc) is 2.08. The standard InChI is InChI=1S/C7H4Br2ClNO/c8-3-5(12)7-6(9)4(10)1-2-11-7/h1-2H,3H2. The third-order valence-electron chi connectivity index (χ3n) is 1.23. The van der Waals surface area contributed by atoms with Crippen molar-refractivity contribution in [2.45, 2.75) is 0 Å². The summed E-state index contributed by atoms with van der Waals surface area (Å²) < 4.78 is 0.552. The van der Waals surface area contributed by atoms with Crippen molar-refractivity contribution in [2.75, 3.05) is 5.33 Å². The number of pyridine rings is 1. The van der Waals surface area contributed by atoms with Crippen LogP contribution in [-0.4, -0.2) is 16.1 Å². The molecule has 64 valence electrons. The fourth-order valence-electron chi connectivity index (χ4n) is 0.678. The van der Waals surface area contributed by atoms with E-state index in [0.29, 0.717) is 15.2 Å². The van der Waals surface area contributed by atoms with Gasteiger partial charge in [0.1, 0.15) is 5.69 Å². The molecule has 0 atom stereocenters. The first-order valence-electron chi connectivity index (χ1n) is 3.06. The predicted octanol–water partition coefficient (Wildman–Crippen LogP) is 3.08. The number of rotatable bonds is 2. The summed E-state index contributed by atoms with van der Waals surface area (Å²) in [5.74, 6) is -0.0932. The normalized spacial score (nSPS) is 9.92. The van der Waals surface area contributed by atoms with Crippen LogP contribution >= 0.6 is 43.5 Å². The molecule has 0 saturated heterocycles. The second-order valence-electron chi connectivity index (χ2n) is 2.01. The highest BCUT2D eigenvalue weighted by Crippen LogP contribution is 2.24. The van der Waals surface area contributed by atoms with E-state index < -0.39 is 0 Å². The predicted molar refractivity (Wildman–Crippen MR) is 55.1 cm³/mol. The highest BCUT2D eigenvalue weighted by Gasteiger charge is 2.11. The number of alkyl halides is 1. The van der Waals surface area contributed by atoms with Crippen molar-refractivity contribution in [3.05, 3.63) is 27.5 Å². The molecule has 1 aromatic rings. The molecule has 2 nitrogen and oxygen atoms in total. The van der Waals surface area contributed by atoms with Gasteiger partial charge in [-0.15, -0.1) is 0 Å². The molecule has 12 heavy (non-hydrogen) atoms. The number of carbonyl (C=O) groups excluding carboxylic acids is 1. The van der Waals surface area contributed by atoms with Crippen LogP contribution in [-0.2, 0) is 0 Å². The first kappa shape index (κ1) is 10.2. The Hall–Kier alpha value is 0.0700. The van der Waals surface area contributed by atoms with Gasteiger partial charge in [-0.1, -0.05) is 27.5 Å². The lowest BCUT2D eigenvalue weighted by molar-refractivity contribution is 0.101. The lowest BCUT2D eigenvalue weighted by Crippen LogP contribution is -2.04. The molecular formula is C7H4Br2ClNO. The largest absolute Gasteiger partial charge is 0.291 e. The Morgan fingerprint density at radius 1 is 1.67 bits per heavy atom. The fraction of sp³-hybridized carbons (Fsp3) is 0.143. The maximum Gasteiger partial charge on any atom is 0.192 e. The molecule has 0 aromatic carbocycles. The van der Waals surface area contributed by atoms with E-state index >= 15 is 0 Å². The maximum absolute atomic E-state index is 11.2. The molecule has 0 radical (unpaired) electrons. The molecule has 1 heterocycles. The number of nitrogens with zero attached hydrogens (tertiary/aromatic N) is 1. The molecule has 0 bridgehead atoms. The summed E-state index contributed by atoms with van der Waals surface area (Å²) in [6.07, 6.45) is 1.50. The number of hydrogen-bond acceptors (Lipinski definition) is 2. The summed E-state index contributed by atoms with van der Waals surface area (Å²) in [6.45, 7) is 0. The minimum Gasteiger partial charge on any atom is -0.291 e. The number of hydrogen-bond donors (Lipinski definition) is 0. The van der Waals surface area contributed by atoms with Gasteiger partial charge < -0.3 is 0 Å². The monoisotopic (exact) mass is 311 g/mol. The average molecular weight is 313 g/mol. The SMILES string of the molecule is O=C(CBr)c1nccc(Cl)c1Br. The summed E-state index contributed by atoms with van der Waals surface area (Å²) in [7, 11) is 0. The number of halogens is 3. The highest BCUT2D eigenvalue weighted by atomic mass is 79.9. The van der Waals surface area contributed by atoms with Crippen molar-refractivity contribution in [2.24, 2.45) is 0 Å². The zero-order chi connectivity index (χ0) is 9.14. The van der Waals surface area contributed by atoms with Crippen LogP contribution in [0.25, 0.3) is 0 Å². The van der Waals surface area contributed by atoms with Gasteiger partial charge in [-0.05, 0) is 22.0 Å². The second kappa shape index (κ2) is 4.35. The molecule has 0 aliphatic heterocycles. The summed E-state index contributed by atoms with van der Waals surface area (Å²) in [4.78, 5) is 15.1. The molecule has 0 N–H and O–H groups in total. The second-order valence-corrected chi connectivity index (χ2v) is 3.77. The van der Waals surface area contributed by atoms with Crippen LogP contribution < -0.4 is 0 Å². The van der Waals surface area contributed by atoms with Crippen molar-refractivity contribution >= 4 is 49.2 Å². The molecular weight excluding hydrogens is 309 g/mol. The van der Waals surface area contributed by atoms with E-state index in [4.69, 9.17) is 11.6 Å². The summed E-state index contributed by atoms with van der Waals surface area (Å²) in [6, 6.07) is 1.62. The summed E-state index contributed by atoms with van der Waals surface area (Å²) in [5, 5.41) is 0.744. The van der Waals surface area contributed by atoms with E-state index in [9.17, 15) is 4.79 Å². The summed E-state index contributed by atoms with van der Waals surface area (Å²) >= 11 is 12.0. The highest BCUT2D eigenvalue weighted by molar-refractivity contribution is 9.10. The van der Waals surface area contributed by atoms with Gasteiger partial charge in [-0.3, -0.25) is 9.78 Å². The van der Waals surface area contributed by atoms with Crippen LogP contribution in [0, 0.1) is 0 Å². The van der Waals surface area contributed by atoms with E-state index in [1.54, 1.807) is 6.07 Å². The van der Waals surface area contributed by atoms with E-state index in [2.05, 4.69) is 36.8 Å². The summed E-state index contributed by atoms with van der Waals surface area (Å²) in [5.41, 5.74) is 0.361. The molecule has 0 fully saturated rings. The van der Waals surface area contributed by atoms with Crippen molar-refractivity contribution in [1.29, 1.82) is 0 Å². The number of ketones is 1. The third kappa shape index (κ3) is 2.06. The van der Waals surface area contributed by atoms with Gasteiger partial charge in [0.15, 0.2) is 5.78 Å². The number of aromatic nitrogens is 1. The van der Waals surface area contributed by atoms with Gasteiger partial charge in [-0.25, -0.2) is 0 Å². The van der Waals surface area contributed by atoms with Crippen LogP contribution in [0.1, 0.15) is 10.5 Å². The Morgan fingerprint density at radius 2 is 2.33 bits per heavy atom. The molecule has 1 aromatic heterocycles. The van der Waals surface area contributed by atoms with Crippen LogP contribution in [0.4, 0.5) is 0 Å². The van der Waals surface area contributed by atoms with Gasteiger partial charge >= 0.3 is 0 Å². The Morgan fingerprint density at radius 3 is 2.92 bits per heavy atom. The van der Waals surface area contributed by atoms with Crippen LogP contribution in [0.3, 0.4) is 0 Å². The van der Waals surface area contributed by atoms with Crippen molar-refractivity contribution in [1.82, 2.24) is 4.98 Å². The van der Waals surface area contributed by atoms with Gasteiger partial charge in [0.25, 0.3) is 0 Å². The molecule has 0 aliphatic rings. The van der Waals surface area contributed by atoms with E-state index in [-0.39, 0.29) is 11.1 Å². The van der Waals surface area contributed by atoms with Gasteiger partial charge in [0.2, 0.25) is 0 Å². The Bertz CT molecular complexity index is 316. The first-order valence-corrected chi connectivity index (χ1v) is 5.35. The third-order valence-corrected chi connectivity index (χ3v) is 3.08. The quantitative estimate of drug-likeness (QED) is 0.620. The molecule has 5 heteroatoms. The lowest BCUT2D eigenvalue weighted by atomic mass is 10.3. The fourth-order valence-corrected chi connectivity index (χ4v) is 1.54. The minimum atomic E-state index is -0.0932. The van der Waals surface area contributed by atoms with Crippen LogP contribution in [0.15, 0.2) is 16.7 Å². The van der Waals surface area contributed by atoms with Crippen molar-refractivity contribution in [3.63, 3.8) is 0 Å². The molecule has 0 saturated carbocycles. The Labute approximate surface area is 91.6 Å². The lowest BCUT2D eigenvalue weighted by Gasteiger charge is -2.00. The molecule has 0 spiro atoms. The molecule has 1 rings (SSSR count). The van der Waals surface area contributed by atoms with Crippen LogP contribution in [0.2, 0.25) is 5.02 Å². The van der Waals surface area contributed by atoms with Crippen LogP contribution in [0.5, 0.6) is 0 Å². The van der Waals surface area contributed by atoms with Gasteiger partial charge in [0, 0.05) is 6.20 Å². The van der Waals surface area contributed by atoms with Gasteiger partial charge in [0.05, 0.1) is 14.8 Å². The molecule has 0 aliphatic carbocycles. The van der Waals surface area contributed by atoms with Crippen molar-refractivity contribution in [3.8, 4) is 0 Å². The number of carbonyl (C=O) groups is 1. The Balaban J connectivity index is 3.16. The minimum absolute atomic E-state index is 0.0932. The van der Waals surface area contributed by atoms with E-state index in [1.807, 2.05) is 0 Å². The number of Topliss-reactive ketones (excluding diaryl/α,β-unsaturated/α-hetero) is 1. The molecule has 0 amide bonds. The van der Waals surface area contributed by atoms with E-state index in [0.717, 1.165) is 0 Å². The smallest absolute Gasteiger partial charge is 0.192 e. The Kier molecular flexibility index (Phi) is 3.68. The zero-order valence-electron chi connectivity index (χ0n) is 5.85. The van der Waals surface area contributed by atoms with E-state index in [1.165, 1.54) is 6.20 Å². The first-order chi connectivity index (χ1) is 5.66. The maximum atomic E-state index is 11.2. The van der Waals surface area contributed by atoms with Crippen molar-refractivity contribution < 1.29 is 4.79 Å². The molecule has 0 unspecified atom stereocenters. The van der Waals surface area contributed by atoms with Gasteiger partial charge in [-0.2, -0.15) is 0 Å². The zero-order valence-corrected chi connectivity index (χ0v) is 9.78.